The van der Waals surface area contributed by atoms with Gasteiger partial charge in [0.2, 0.25) is 11.8 Å². The summed E-state index contributed by atoms with van der Waals surface area (Å²) < 4.78 is 18.7. The fourth-order valence-electron chi connectivity index (χ4n) is 10.8. The van der Waals surface area contributed by atoms with Crippen molar-refractivity contribution in [2.24, 2.45) is 5.92 Å². The van der Waals surface area contributed by atoms with E-state index in [1.165, 1.54) is 5.19 Å². The van der Waals surface area contributed by atoms with Gasteiger partial charge in [-0.2, -0.15) is 0 Å². The summed E-state index contributed by atoms with van der Waals surface area (Å²) in [6.45, 7) is 10.5. The predicted octanol–water partition coefficient (Wildman–Crippen LogP) is 7.22. The summed E-state index contributed by atoms with van der Waals surface area (Å²) >= 11 is 0. The Morgan fingerprint density at radius 1 is 0.866 bits per heavy atom. The molecule has 0 aliphatic carbocycles. The largest absolute Gasteiger partial charge is 0.497 e. The van der Waals surface area contributed by atoms with Crippen LogP contribution in [-0.4, -0.2) is 93.1 Å². The lowest BCUT2D eigenvalue weighted by Gasteiger charge is -2.37. The van der Waals surface area contributed by atoms with Gasteiger partial charge in [0.15, 0.2) is 5.60 Å². The van der Waals surface area contributed by atoms with Gasteiger partial charge in [0.1, 0.15) is 11.5 Å². The van der Waals surface area contributed by atoms with Crippen LogP contribution in [0.25, 0.3) is 0 Å². The summed E-state index contributed by atoms with van der Waals surface area (Å²) in [5.74, 6) is 0.832. The number of hydrogen-bond acceptors (Lipinski definition) is 9. The standard InChI is InChI=1S/C54H64N4O8Si/c1-6-65-43-24-27-47-40(32-43)33-46(55-28-12-13-30-59)52(62)58(47)41-20-18-39(19-21-41)36-57-48-17-11-10-16-45(48)54(53(57)63)37(2)51(67(4,5)44-25-22-42(64-3)23-26-44)49(66-54)34-50(61)56(29-31-60)35-38-14-8-7-9-15-38/h7-11,14-27,32,37,46,49,51,55,59-60H,6,12-13,28-31,33-36H2,1-5H3/t37-,46?,49+,51-,54+/m0/s1. The second-order valence-electron chi connectivity index (χ2n) is 18.5. The molecule has 0 radical (unpaired) electrons. The van der Waals surface area contributed by atoms with Crippen LogP contribution in [0, 0.1) is 5.92 Å². The Kier molecular flexibility index (Phi) is 14.6. The summed E-state index contributed by atoms with van der Waals surface area (Å²) in [5.41, 5.74) is 4.40. The second kappa shape index (κ2) is 20.6. The number of unbranched alkanes of at least 4 members (excludes halogenated alkanes) is 1. The monoisotopic (exact) mass is 924 g/mol. The molecule has 5 aromatic rings. The quantitative estimate of drug-likeness (QED) is 0.0579. The zero-order valence-electron chi connectivity index (χ0n) is 39.3. The van der Waals surface area contributed by atoms with E-state index in [-0.39, 0.29) is 61.9 Å². The summed E-state index contributed by atoms with van der Waals surface area (Å²) in [4.78, 5) is 49.5. The Morgan fingerprint density at radius 2 is 1.58 bits per heavy atom. The molecule has 3 amide bonds. The zero-order chi connectivity index (χ0) is 47.3. The lowest BCUT2D eigenvalue weighted by molar-refractivity contribution is -0.150. The number of hydrogen-bond donors (Lipinski definition) is 3. The number of rotatable bonds is 19. The van der Waals surface area contributed by atoms with Gasteiger partial charge in [-0.1, -0.05) is 98.0 Å². The number of anilines is 3. The van der Waals surface area contributed by atoms with Crippen LogP contribution < -0.4 is 29.8 Å². The lowest BCUT2D eigenvalue weighted by atomic mass is 9.82. The predicted molar refractivity (Wildman–Crippen MR) is 264 cm³/mol. The maximum atomic E-state index is 15.5. The first-order chi connectivity index (χ1) is 32.4. The third-order valence-corrected chi connectivity index (χ3v) is 18.5. The molecule has 3 heterocycles. The normalized spacial score (nSPS) is 21.1. The van der Waals surface area contributed by atoms with Gasteiger partial charge in [-0.25, -0.2) is 0 Å². The Bertz CT molecular complexity index is 2520. The molecule has 3 aliphatic rings. The lowest BCUT2D eigenvalue weighted by Crippen LogP contribution is -2.52. The van der Waals surface area contributed by atoms with Gasteiger partial charge >= 0.3 is 0 Å². The van der Waals surface area contributed by atoms with Crippen LogP contribution in [-0.2, 0) is 44.2 Å². The molecular weight excluding hydrogens is 861 g/mol. The Morgan fingerprint density at radius 3 is 2.28 bits per heavy atom. The van der Waals surface area contributed by atoms with Gasteiger partial charge in [-0.05, 0) is 103 Å². The van der Waals surface area contributed by atoms with Crippen LogP contribution in [0.4, 0.5) is 17.1 Å². The minimum atomic E-state index is -2.55. The van der Waals surface area contributed by atoms with Crippen molar-refractivity contribution in [1.29, 1.82) is 0 Å². The minimum Gasteiger partial charge on any atom is -0.497 e. The maximum Gasteiger partial charge on any atom is 0.264 e. The van der Waals surface area contributed by atoms with Crippen molar-refractivity contribution < 1.29 is 38.8 Å². The molecule has 67 heavy (non-hydrogen) atoms. The van der Waals surface area contributed by atoms with Gasteiger partial charge in [-0.3, -0.25) is 19.3 Å². The number of benzene rings is 5. The van der Waals surface area contributed by atoms with E-state index in [9.17, 15) is 19.8 Å². The summed E-state index contributed by atoms with van der Waals surface area (Å²) in [6.07, 6.45) is 1.39. The zero-order valence-corrected chi connectivity index (χ0v) is 40.3. The number of methoxy groups -OCH3 is 1. The number of fused-ring (bicyclic) bond motifs is 3. The van der Waals surface area contributed by atoms with E-state index < -0.39 is 25.8 Å². The van der Waals surface area contributed by atoms with Crippen molar-refractivity contribution in [3.05, 3.63) is 144 Å². The molecule has 3 aliphatic heterocycles. The molecule has 1 saturated heterocycles. The van der Waals surface area contributed by atoms with Crippen molar-refractivity contribution >= 4 is 48.0 Å². The van der Waals surface area contributed by atoms with Gasteiger partial charge in [0.05, 0.1) is 64.9 Å². The Hall–Kier alpha value is -5.83. The average Bonchev–Trinajstić information content (AvgIpc) is 3.76. The first kappa shape index (κ1) is 47.7. The highest BCUT2D eigenvalue weighted by Gasteiger charge is 2.66. The molecule has 3 N–H and O–H groups in total. The van der Waals surface area contributed by atoms with Crippen LogP contribution in [0.3, 0.4) is 0 Å². The third kappa shape index (κ3) is 9.40. The highest BCUT2D eigenvalue weighted by Crippen LogP contribution is 2.60. The molecule has 8 rings (SSSR count). The van der Waals surface area contributed by atoms with Crippen molar-refractivity contribution in [2.45, 2.75) is 89.0 Å². The fourth-order valence-corrected chi connectivity index (χ4v) is 14.8. The number of nitrogens with zero attached hydrogens (tertiary/aromatic N) is 3. The average molecular weight is 925 g/mol. The van der Waals surface area contributed by atoms with Crippen LogP contribution in [0.15, 0.2) is 121 Å². The third-order valence-electron chi connectivity index (χ3n) is 14.1. The molecule has 12 nitrogen and oxygen atoms in total. The number of nitrogens with one attached hydrogen (secondary N) is 1. The molecule has 1 spiro atoms. The van der Waals surface area contributed by atoms with Gasteiger partial charge < -0.3 is 39.5 Å². The van der Waals surface area contributed by atoms with Gasteiger partial charge in [-0.15, -0.1) is 0 Å². The maximum absolute atomic E-state index is 15.5. The summed E-state index contributed by atoms with van der Waals surface area (Å²) in [5, 5.41) is 24.0. The Labute approximate surface area is 395 Å². The summed E-state index contributed by atoms with van der Waals surface area (Å²) in [6, 6.07) is 39.0. The first-order valence-electron chi connectivity index (χ1n) is 23.6. The molecule has 13 heteroatoms. The number of carbonyl (C=O) groups is 3. The number of aliphatic hydroxyl groups is 2. The molecule has 1 fully saturated rings. The van der Waals surface area contributed by atoms with E-state index in [2.05, 4.69) is 37.5 Å². The molecular formula is C54H64N4O8Si. The first-order valence-corrected chi connectivity index (χ1v) is 26.7. The molecule has 0 aromatic heterocycles. The van der Waals surface area contributed by atoms with E-state index in [1.54, 1.807) is 16.9 Å². The number of ether oxygens (including phenoxy) is 3. The van der Waals surface area contributed by atoms with Crippen molar-refractivity contribution in [2.75, 3.05) is 49.8 Å². The van der Waals surface area contributed by atoms with E-state index >= 15 is 4.79 Å². The highest BCUT2D eigenvalue weighted by molar-refractivity contribution is 6.91. The smallest absolute Gasteiger partial charge is 0.264 e. The van der Waals surface area contributed by atoms with Gasteiger partial charge in [0.25, 0.3) is 5.91 Å². The highest BCUT2D eigenvalue weighted by atomic mass is 28.3. The van der Waals surface area contributed by atoms with Crippen LogP contribution in [0.2, 0.25) is 18.6 Å². The van der Waals surface area contributed by atoms with E-state index in [4.69, 9.17) is 14.2 Å². The molecule has 0 bridgehead atoms. The van der Waals surface area contributed by atoms with Crippen LogP contribution >= 0.6 is 0 Å². The minimum absolute atomic E-state index is 0.0530. The molecule has 0 saturated carbocycles. The van der Waals surface area contributed by atoms with Crippen molar-refractivity contribution in [1.82, 2.24) is 10.2 Å². The van der Waals surface area contributed by atoms with Gasteiger partial charge in [0, 0.05) is 36.9 Å². The summed E-state index contributed by atoms with van der Waals surface area (Å²) in [7, 11) is -0.896. The van der Waals surface area contributed by atoms with Crippen LogP contribution in [0.1, 0.15) is 55.4 Å². The van der Waals surface area contributed by atoms with E-state index in [0.29, 0.717) is 38.2 Å². The van der Waals surface area contributed by atoms with Crippen molar-refractivity contribution in [3.8, 4) is 11.5 Å². The SMILES string of the molecule is CCOc1ccc2c(c1)CC(NCCCCO)C(=O)N2c1ccc(CN2C(=O)[C@]3(O[C@H](CC(=O)N(CCO)Cc4ccccc4)[C@@H]([Si](C)(C)c4ccc(OC)cc4)[C@@H]3C)c3ccccc32)cc1. The number of para-hydroxylation sites is 1. The van der Waals surface area contributed by atoms with E-state index in [1.807, 2.05) is 121 Å². The molecule has 352 valence electrons. The molecule has 1 unspecified atom stereocenters. The second-order valence-corrected chi connectivity index (χ2v) is 23.2. The fraction of sp³-hybridized carbons (Fsp3) is 0.389. The Balaban J connectivity index is 1.10. The topological polar surface area (TPSA) is 141 Å². The number of aliphatic hydroxyl groups excluding tert-OH is 2. The van der Waals surface area contributed by atoms with Crippen LogP contribution in [0.5, 0.6) is 11.5 Å². The molecule has 5 atom stereocenters. The van der Waals surface area contributed by atoms with E-state index in [0.717, 1.165) is 51.5 Å². The number of amides is 3. The van der Waals surface area contributed by atoms with Crippen molar-refractivity contribution in [3.63, 3.8) is 0 Å². The molecule has 5 aromatic carbocycles. The number of carbonyl (C=O) groups excluding carboxylic acids is 3.